The molecule has 0 aliphatic rings. The monoisotopic (exact) mass is 346 g/mol. The first kappa shape index (κ1) is 19.6. The molecule has 0 amide bonds. The standard InChI is InChI=1S/C14H12O7S.Na/c1-20-13(15)9-4-3-8-6-11(14(16)21-2)12(22(17,18)19)7-10(8)5-9;/h3-7H,1-2H3,(H,17,18,19);/q;+1/p-1. The minimum Gasteiger partial charge on any atom is -0.744 e. The fourth-order valence-electron chi connectivity index (χ4n) is 2.00. The molecule has 116 valence electrons. The molecule has 0 bridgehead atoms. The van der Waals surface area contributed by atoms with E-state index in [1.807, 2.05) is 0 Å². The molecule has 0 aliphatic heterocycles. The fraction of sp³-hybridized carbons (Fsp3) is 0.143. The number of carbonyl (C=O) groups excluding carboxylic acids is 2. The summed E-state index contributed by atoms with van der Waals surface area (Å²) < 4.78 is 43.1. The predicted octanol–water partition coefficient (Wildman–Crippen LogP) is -1.68. The van der Waals surface area contributed by atoms with Gasteiger partial charge in [-0.1, -0.05) is 6.07 Å². The molecule has 2 aromatic carbocycles. The van der Waals surface area contributed by atoms with Crippen LogP contribution >= 0.6 is 0 Å². The Balaban J connectivity index is 0.00000264. The van der Waals surface area contributed by atoms with E-state index in [2.05, 4.69) is 9.47 Å². The Morgan fingerprint density at radius 1 is 0.957 bits per heavy atom. The molecule has 2 rings (SSSR count). The maximum atomic E-state index is 11.6. The summed E-state index contributed by atoms with van der Waals surface area (Å²) in [6, 6.07) is 6.61. The zero-order chi connectivity index (χ0) is 16.5. The van der Waals surface area contributed by atoms with E-state index in [4.69, 9.17) is 0 Å². The summed E-state index contributed by atoms with van der Waals surface area (Å²) >= 11 is 0. The molecule has 2 aromatic rings. The van der Waals surface area contributed by atoms with Gasteiger partial charge in [0.05, 0.1) is 30.2 Å². The minimum absolute atomic E-state index is 0. The largest absolute Gasteiger partial charge is 1.00 e. The molecule has 9 heteroatoms. The van der Waals surface area contributed by atoms with Crippen LogP contribution in [0.4, 0.5) is 0 Å². The Kier molecular flexibility index (Phi) is 6.32. The van der Waals surface area contributed by atoms with Crippen molar-refractivity contribution in [1.82, 2.24) is 0 Å². The molecular formula is C14H11NaO7S. The van der Waals surface area contributed by atoms with Crippen LogP contribution in [0.15, 0.2) is 35.2 Å². The molecule has 0 N–H and O–H groups in total. The van der Waals surface area contributed by atoms with Gasteiger partial charge >= 0.3 is 41.5 Å². The van der Waals surface area contributed by atoms with Gasteiger partial charge in [0.25, 0.3) is 0 Å². The van der Waals surface area contributed by atoms with Crippen molar-refractivity contribution in [3.05, 3.63) is 41.5 Å². The van der Waals surface area contributed by atoms with Crippen LogP contribution in [0.5, 0.6) is 0 Å². The van der Waals surface area contributed by atoms with Crippen LogP contribution in [-0.4, -0.2) is 39.1 Å². The van der Waals surface area contributed by atoms with Crippen LogP contribution in [0.2, 0.25) is 0 Å². The van der Waals surface area contributed by atoms with Gasteiger partial charge in [0, 0.05) is 0 Å². The minimum atomic E-state index is -4.89. The molecule has 0 saturated carbocycles. The zero-order valence-electron chi connectivity index (χ0n) is 12.7. The van der Waals surface area contributed by atoms with Gasteiger partial charge in [0.2, 0.25) is 0 Å². The molecule has 0 atom stereocenters. The third-order valence-electron chi connectivity index (χ3n) is 3.03. The number of benzene rings is 2. The average molecular weight is 346 g/mol. The zero-order valence-corrected chi connectivity index (χ0v) is 15.5. The van der Waals surface area contributed by atoms with Crippen molar-refractivity contribution >= 4 is 32.8 Å². The molecule has 0 radical (unpaired) electrons. The van der Waals surface area contributed by atoms with Gasteiger partial charge in [-0.25, -0.2) is 18.0 Å². The van der Waals surface area contributed by atoms with Gasteiger partial charge in [-0.3, -0.25) is 0 Å². The van der Waals surface area contributed by atoms with Crippen molar-refractivity contribution in [3.63, 3.8) is 0 Å². The SMILES string of the molecule is COC(=O)c1ccc2cc(C(=O)OC)c(S(=O)(=O)[O-])cc2c1.[Na+]. The number of carbonyl (C=O) groups is 2. The molecule has 0 aromatic heterocycles. The molecule has 23 heavy (non-hydrogen) atoms. The van der Waals surface area contributed by atoms with Gasteiger partial charge in [-0.15, -0.1) is 0 Å². The molecule has 0 spiro atoms. The summed E-state index contributed by atoms with van der Waals surface area (Å²) in [5.74, 6) is -1.54. The van der Waals surface area contributed by atoms with Crippen molar-refractivity contribution in [2.75, 3.05) is 14.2 Å². The second kappa shape index (κ2) is 7.41. The maximum absolute atomic E-state index is 11.6. The molecule has 0 unspecified atom stereocenters. The summed E-state index contributed by atoms with van der Waals surface area (Å²) in [5, 5.41) is 0.783. The third kappa shape index (κ3) is 4.10. The number of ether oxygens (including phenoxy) is 2. The van der Waals surface area contributed by atoms with Gasteiger partial charge in [-0.2, -0.15) is 0 Å². The van der Waals surface area contributed by atoms with Crippen molar-refractivity contribution in [2.24, 2.45) is 0 Å². The summed E-state index contributed by atoms with van der Waals surface area (Å²) in [4.78, 5) is 22.4. The van der Waals surface area contributed by atoms with E-state index in [1.165, 1.54) is 31.4 Å². The first-order chi connectivity index (χ1) is 10.3. The Morgan fingerprint density at radius 3 is 2.09 bits per heavy atom. The number of esters is 2. The van der Waals surface area contributed by atoms with E-state index >= 15 is 0 Å². The van der Waals surface area contributed by atoms with E-state index < -0.39 is 27.0 Å². The number of hydrogen-bond acceptors (Lipinski definition) is 7. The van der Waals surface area contributed by atoms with Crippen molar-refractivity contribution in [1.29, 1.82) is 0 Å². The van der Waals surface area contributed by atoms with E-state index in [0.29, 0.717) is 10.8 Å². The van der Waals surface area contributed by atoms with Crippen molar-refractivity contribution < 1.29 is 61.6 Å². The van der Waals surface area contributed by atoms with Crippen LogP contribution in [0, 0.1) is 0 Å². The molecule has 0 fully saturated rings. The normalized spacial score (nSPS) is 10.7. The maximum Gasteiger partial charge on any atom is 1.00 e. The smallest absolute Gasteiger partial charge is 0.744 e. The first-order valence-electron chi connectivity index (χ1n) is 5.98. The Bertz CT molecular complexity index is 874. The number of rotatable bonds is 3. The van der Waals surface area contributed by atoms with Gasteiger partial charge in [0.15, 0.2) is 0 Å². The van der Waals surface area contributed by atoms with Crippen LogP contribution in [0.3, 0.4) is 0 Å². The molecular weight excluding hydrogens is 335 g/mol. The summed E-state index contributed by atoms with van der Waals surface area (Å²) in [6.45, 7) is 0. The van der Waals surface area contributed by atoms with Gasteiger partial charge in [-0.05, 0) is 35.0 Å². The average Bonchev–Trinajstić information content (AvgIpc) is 2.50. The van der Waals surface area contributed by atoms with Crippen molar-refractivity contribution in [3.8, 4) is 0 Å². The quantitative estimate of drug-likeness (QED) is 0.371. The number of methoxy groups -OCH3 is 2. The summed E-state index contributed by atoms with van der Waals surface area (Å²) in [6.07, 6.45) is 0. The van der Waals surface area contributed by atoms with E-state index in [9.17, 15) is 22.6 Å². The van der Waals surface area contributed by atoms with Crippen LogP contribution in [0.1, 0.15) is 20.7 Å². The molecule has 7 nitrogen and oxygen atoms in total. The topological polar surface area (TPSA) is 110 Å². The van der Waals surface area contributed by atoms with E-state index in [1.54, 1.807) is 0 Å². The van der Waals surface area contributed by atoms with Crippen LogP contribution in [-0.2, 0) is 19.6 Å². The summed E-state index contributed by atoms with van der Waals surface area (Å²) in [7, 11) is -2.60. The van der Waals surface area contributed by atoms with Crippen LogP contribution in [0.25, 0.3) is 10.8 Å². The predicted molar refractivity (Wildman–Crippen MR) is 74.6 cm³/mol. The molecule has 0 saturated heterocycles. The van der Waals surface area contributed by atoms with Crippen LogP contribution < -0.4 is 29.6 Å². The Hall–Kier alpha value is -1.45. The second-order valence-corrected chi connectivity index (χ2v) is 5.70. The Labute approximate surface area is 154 Å². The van der Waals surface area contributed by atoms with E-state index in [0.717, 1.165) is 13.2 Å². The Morgan fingerprint density at radius 2 is 1.57 bits per heavy atom. The molecule has 0 heterocycles. The van der Waals surface area contributed by atoms with E-state index in [-0.39, 0.29) is 40.7 Å². The number of fused-ring (bicyclic) bond motifs is 1. The number of hydrogen-bond donors (Lipinski definition) is 0. The molecule has 0 aliphatic carbocycles. The van der Waals surface area contributed by atoms with Crippen molar-refractivity contribution in [2.45, 2.75) is 4.90 Å². The second-order valence-electron chi connectivity index (χ2n) is 4.35. The van der Waals surface area contributed by atoms with Gasteiger partial charge in [0.1, 0.15) is 10.1 Å². The van der Waals surface area contributed by atoms with Gasteiger partial charge < -0.3 is 14.0 Å². The summed E-state index contributed by atoms with van der Waals surface area (Å²) in [5.41, 5.74) is -0.161. The fourth-order valence-corrected chi connectivity index (χ4v) is 2.68. The third-order valence-corrected chi connectivity index (χ3v) is 3.91. The first-order valence-corrected chi connectivity index (χ1v) is 7.39.